The number of rotatable bonds is 12. The van der Waals surface area contributed by atoms with Crippen molar-refractivity contribution in [3.63, 3.8) is 0 Å². The van der Waals surface area contributed by atoms with Gasteiger partial charge in [0, 0.05) is 12.7 Å². The Hall–Kier alpha value is -1.36. The second-order valence-electron chi connectivity index (χ2n) is 11.1. The minimum Gasteiger partial charge on any atom is -0.463 e. The second kappa shape index (κ2) is 14.9. The summed E-state index contributed by atoms with van der Waals surface area (Å²) in [5.74, 6) is 2.47. The molecule has 0 atom stereocenters. The van der Waals surface area contributed by atoms with Crippen molar-refractivity contribution in [2.75, 3.05) is 13.2 Å². The van der Waals surface area contributed by atoms with Gasteiger partial charge < -0.3 is 14.2 Å². The average molecular weight is 477 g/mol. The smallest absolute Gasteiger partial charge is 0.330 e. The molecule has 0 unspecified atom stereocenters. The highest BCUT2D eigenvalue weighted by Crippen LogP contribution is 2.40. The highest BCUT2D eigenvalue weighted by Gasteiger charge is 2.33. The normalized spacial score (nSPS) is 32.0. The number of hydrogen-bond acceptors (Lipinski definition) is 5. The molecular weight excluding hydrogens is 428 g/mol. The first-order chi connectivity index (χ1) is 16.5. The van der Waals surface area contributed by atoms with Gasteiger partial charge in [-0.05, 0) is 101 Å². The van der Waals surface area contributed by atoms with Crippen molar-refractivity contribution in [3.8, 4) is 0 Å². The third-order valence-electron chi connectivity index (χ3n) is 8.54. The zero-order valence-electron chi connectivity index (χ0n) is 21.5. The van der Waals surface area contributed by atoms with E-state index in [1.165, 1.54) is 44.6 Å². The van der Waals surface area contributed by atoms with Crippen LogP contribution in [0.4, 0.5) is 0 Å². The Kier molecular flexibility index (Phi) is 11.9. The SMILES string of the molecule is C=CC(=O)OCCCCCCOC1CCC(C(=O)OC2CCC(C3CCC(C)CC3)CC2)CC1. The fourth-order valence-electron chi connectivity index (χ4n) is 6.20. The van der Waals surface area contributed by atoms with Gasteiger partial charge in [-0.1, -0.05) is 32.8 Å². The summed E-state index contributed by atoms with van der Waals surface area (Å²) in [6.07, 6.45) is 19.6. The molecule has 0 radical (unpaired) electrons. The molecular formula is C29H48O5. The van der Waals surface area contributed by atoms with Gasteiger partial charge >= 0.3 is 11.9 Å². The minimum atomic E-state index is -0.348. The van der Waals surface area contributed by atoms with Crippen molar-refractivity contribution < 1.29 is 23.8 Å². The maximum absolute atomic E-state index is 12.7. The zero-order valence-corrected chi connectivity index (χ0v) is 21.5. The van der Waals surface area contributed by atoms with Crippen LogP contribution in [-0.2, 0) is 23.8 Å². The highest BCUT2D eigenvalue weighted by atomic mass is 16.5. The molecule has 0 aliphatic heterocycles. The van der Waals surface area contributed by atoms with Gasteiger partial charge in [0.2, 0.25) is 0 Å². The summed E-state index contributed by atoms with van der Waals surface area (Å²) >= 11 is 0. The number of esters is 2. The van der Waals surface area contributed by atoms with Crippen LogP contribution in [0.3, 0.4) is 0 Å². The van der Waals surface area contributed by atoms with Crippen molar-refractivity contribution in [2.24, 2.45) is 23.7 Å². The van der Waals surface area contributed by atoms with Crippen molar-refractivity contribution in [3.05, 3.63) is 12.7 Å². The van der Waals surface area contributed by atoms with Gasteiger partial charge in [-0.3, -0.25) is 4.79 Å². The standard InChI is InChI=1S/C29H48O5/c1-3-28(30)33-21-7-5-4-6-20-32-26-16-14-25(15-17-26)29(31)34-27-18-12-24(13-19-27)23-10-8-22(2)9-11-23/h3,22-27H,1,4-21H2,2H3. The van der Waals surface area contributed by atoms with Crippen LogP contribution in [0, 0.1) is 23.7 Å². The summed E-state index contributed by atoms with van der Waals surface area (Å²) in [7, 11) is 0. The van der Waals surface area contributed by atoms with E-state index in [2.05, 4.69) is 13.5 Å². The second-order valence-corrected chi connectivity index (χ2v) is 11.1. The van der Waals surface area contributed by atoms with E-state index in [0.29, 0.717) is 6.61 Å². The number of ether oxygens (including phenoxy) is 3. The topological polar surface area (TPSA) is 61.8 Å². The molecule has 0 N–H and O–H groups in total. The van der Waals surface area contributed by atoms with Gasteiger partial charge in [-0.2, -0.15) is 0 Å². The predicted octanol–water partition coefficient (Wildman–Crippen LogP) is 6.78. The molecule has 0 aromatic heterocycles. The van der Waals surface area contributed by atoms with Gasteiger partial charge in [0.25, 0.3) is 0 Å². The van der Waals surface area contributed by atoms with E-state index in [9.17, 15) is 9.59 Å². The van der Waals surface area contributed by atoms with E-state index in [0.717, 1.165) is 88.6 Å². The van der Waals surface area contributed by atoms with Crippen LogP contribution in [0.2, 0.25) is 0 Å². The lowest BCUT2D eigenvalue weighted by molar-refractivity contribution is -0.158. The molecule has 3 aliphatic carbocycles. The molecule has 34 heavy (non-hydrogen) atoms. The predicted molar refractivity (Wildman–Crippen MR) is 134 cm³/mol. The van der Waals surface area contributed by atoms with E-state index in [1.54, 1.807) is 0 Å². The average Bonchev–Trinajstić information content (AvgIpc) is 2.86. The fourth-order valence-corrected chi connectivity index (χ4v) is 6.20. The third-order valence-corrected chi connectivity index (χ3v) is 8.54. The molecule has 3 fully saturated rings. The summed E-state index contributed by atoms with van der Waals surface area (Å²) in [6.45, 7) is 7.02. The summed E-state index contributed by atoms with van der Waals surface area (Å²) in [5, 5.41) is 0. The first-order valence-electron chi connectivity index (χ1n) is 14.2. The largest absolute Gasteiger partial charge is 0.463 e. The van der Waals surface area contributed by atoms with E-state index in [1.807, 2.05) is 0 Å². The van der Waals surface area contributed by atoms with Crippen LogP contribution in [0.1, 0.15) is 110 Å². The van der Waals surface area contributed by atoms with Crippen molar-refractivity contribution in [2.45, 2.75) is 122 Å². The van der Waals surface area contributed by atoms with Crippen molar-refractivity contribution in [1.29, 1.82) is 0 Å². The van der Waals surface area contributed by atoms with Crippen LogP contribution >= 0.6 is 0 Å². The van der Waals surface area contributed by atoms with E-state index < -0.39 is 0 Å². The Morgan fingerprint density at radius 3 is 1.91 bits per heavy atom. The Morgan fingerprint density at radius 2 is 1.29 bits per heavy atom. The summed E-state index contributed by atoms with van der Waals surface area (Å²) in [5.41, 5.74) is 0. The van der Waals surface area contributed by atoms with Crippen molar-refractivity contribution in [1.82, 2.24) is 0 Å². The molecule has 0 aromatic carbocycles. The van der Waals surface area contributed by atoms with E-state index in [4.69, 9.17) is 14.2 Å². The number of unbranched alkanes of at least 4 members (excludes halogenated alkanes) is 3. The van der Waals surface area contributed by atoms with Crippen LogP contribution in [0.15, 0.2) is 12.7 Å². The molecule has 0 amide bonds. The molecule has 0 spiro atoms. The van der Waals surface area contributed by atoms with Crippen molar-refractivity contribution >= 4 is 11.9 Å². The molecule has 3 aliphatic rings. The summed E-state index contributed by atoms with van der Waals surface area (Å²) < 4.78 is 17.0. The van der Waals surface area contributed by atoms with Crippen LogP contribution < -0.4 is 0 Å². The first-order valence-corrected chi connectivity index (χ1v) is 14.2. The Labute approximate surface area is 207 Å². The number of carbonyl (C=O) groups is 2. The maximum atomic E-state index is 12.7. The lowest BCUT2D eigenvalue weighted by atomic mass is 9.71. The van der Waals surface area contributed by atoms with Gasteiger partial charge in [0.1, 0.15) is 6.10 Å². The molecule has 0 saturated heterocycles. The van der Waals surface area contributed by atoms with Crippen LogP contribution in [0.25, 0.3) is 0 Å². The molecule has 3 rings (SSSR count). The van der Waals surface area contributed by atoms with E-state index in [-0.39, 0.29) is 30.1 Å². The number of hydrogen-bond donors (Lipinski definition) is 0. The number of carbonyl (C=O) groups excluding carboxylic acids is 2. The summed E-state index contributed by atoms with van der Waals surface area (Å²) in [4.78, 5) is 23.7. The van der Waals surface area contributed by atoms with E-state index >= 15 is 0 Å². The molecule has 5 nitrogen and oxygen atoms in total. The van der Waals surface area contributed by atoms with Gasteiger partial charge in [-0.15, -0.1) is 0 Å². The van der Waals surface area contributed by atoms with Gasteiger partial charge in [-0.25, -0.2) is 4.79 Å². The molecule has 0 bridgehead atoms. The monoisotopic (exact) mass is 476 g/mol. The third kappa shape index (κ3) is 9.36. The van der Waals surface area contributed by atoms with Crippen LogP contribution in [-0.4, -0.2) is 37.4 Å². The maximum Gasteiger partial charge on any atom is 0.330 e. The molecule has 5 heteroatoms. The molecule has 0 heterocycles. The lowest BCUT2D eigenvalue weighted by Crippen LogP contribution is -2.33. The Balaban J connectivity index is 1.19. The Bertz CT molecular complexity index is 608. The quantitative estimate of drug-likeness (QED) is 0.176. The molecule has 3 saturated carbocycles. The van der Waals surface area contributed by atoms with Gasteiger partial charge in [0.05, 0.1) is 18.6 Å². The highest BCUT2D eigenvalue weighted by molar-refractivity contribution is 5.81. The zero-order chi connectivity index (χ0) is 24.2. The van der Waals surface area contributed by atoms with Crippen LogP contribution in [0.5, 0.6) is 0 Å². The van der Waals surface area contributed by atoms with Gasteiger partial charge in [0.15, 0.2) is 0 Å². The summed E-state index contributed by atoms with van der Waals surface area (Å²) in [6, 6.07) is 0. The minimum absolute atomic E-state index is 0.0468. The fraction of sp³-hybridized carbons (Fsp3) is 0.862. The lowest BCUT2D eigenvalue weighted by Gasteiger charge is -2.37. The first kappa shape index (κ1) is 27.2. The molecule has 194 valence electrons. The Morgan fingerprint density at radius 1 is 0.735 bits per heavy atom. The molecule has 0 aromatic rings.